The van der Waals surface area contributed by atoms with E-state index in [1.54, 1.807) is 0 Å². The van der Waals surface area contributed by atoms with Crippen molar-refractivity contribution in [2.75, 3.05) is 0 Å². The summed E-state index contributed by atoms with van der Waals surface area (Å²) in [4.78, 5) is 0. The number of hydrogen-bond acceptors (Lipinski definition) is 0. The average molecular weight is 244 g/mol. The fraction of sp³-hybridized carbons (Fsp3) is 0.200. The van der Waals surface area contributed by atoms with Gasteiger partial charge >= 0.3 is 0 Å². The Balaban J connectivity index is 2.58. The zero-order chi connectivity index (χ0) is 8.55. The largest absolute Gasteiger partial charge is 0.0840 e. The zero-order valence-electron chi connectivity index (χ0n) is 6.48. The van der Waals surface area contributed by atoms with E-state index in [9.17, 15) is 0 Å². The lowest BCUT2D eigenvalue weighted by Crippen LogP contribution is -1.95. The summed E-state index contributed by atoms with van der Waals surface area (Å²) >= 11 is 9.49. The van der Waals surface area contributed by atoms with Gasteiger partial charge in [-0.3, -0.25) is 0 Å². The molecule has 0 radical (unpaired) electrons. The molecular weight excluding hydrogens is 235 g/mol. The first-order chi connectivity index (χ1) is 5.77. The molecule has 0 saturated carbocycles. The summed E-state index contributed by atoms with van der Waals surface area (Å²) in [6, 6.07) is 6.27. The van der Waals surface area contributed by atoms with Crippen LogP contribution in [0.1, 0.15) is 17.5 Å². The van der Waals surface area contributed by atoms with Gasteiger partial charge in [0.15, 0.2) is 0 Å². The van der Waals surface area contributed by atoms with Crippen molar-refractivity contribution in [3.63, 3.8) is 0 Å². The van der Waals surface area contributed by atoms with Crippen molar-refractivity contribution in [1.82, 2.24) is 0 Å². The summed E-state index contributed by atoms with van der Waals surface area (Å²) in [7, 11) is 0. The molecule has 2 rings (SSSR count). The molecule has 0 aliphatic heterocycles. The van der Waals surface area contributed by atoms with E-state index in [0.717, 1.165) is 22.3 Å². The summed E-state index contributed by atoms with van der Waals surface area (Å²) in [5, 5.41) is 0.887. The number of benzene rings is 1. The molecule has 1 aromatic carbocycles. The van der Waals surface area contributed by atoms with Crippen molar-refractivity contribution in [3.05, 3.63) is 39.9 Å². The fourth-order valence-corrected chi connectivity index (χ4v) is 2.10. The van der Waals surface area contributed by atoms with E-state index in [-0.39, 0.29) is 0 Å². The quantitative estimate of drug-likeness (QED) is 0.647. The van der Waals surface area contributed by atoms with Crippen LogP contribution < -0.4 is 0 Å². The molecule has 0 atom stereocenters. The predicted molar refractivity (Wildman–Crippen MR) is 56.3 cm³/mol. The fourth-order valence-electron chi connectivity index (χ4n) is 1.45. The molecule has 0 spiro atoms. The van der Waals surface area contributed by atoms with Gasteiger partial charge in [-0.1, -0.05) is 39.7 Å². The van der Waals surface area contributed by atoms with Crippen LogP contribution in [0.4, 0.5) is 0 Å². The van der Waals surface area contributed by atoms with Gasteiger partial charge in [0.2, 0.25) is 0 Å². The molecule has 0 amide bonds. The minimum absolute atomic E-state index is 0.887. The van der Waals surface area contributed by atoms with Crippen molar-refractivity contribution in [1.29, 1.82) is 0 Å². The van der Waals surface area contributed by atoms with E-state index >= 15 is 0 Å². The molecule has 62 valence electrons. The third-order valence-electron chi connectivity index (χ3n) is 2.07. The standard InChI is InChI=1S/C10H8BrCl/c11-8-5-4-7-2-1-3-10(12)9(7)6-8/h3-6H,1-2H2. The average Bonchev–Trinajstić information content (AvgIpc) is 2.07. The number of halogens is 2. The maximum absolute atomic E-state index is 6.06. The normalized spacial score (nSPS) is 15.3. The highest BCUT2D eigenvalue weighted by Crippen LogP contribution is 2.31. The van der Waals surface area contributed by atoms with Crippen molar-refractivity contribution in [2.45, 2.75) is 12.8 Å². The lowest BCUT2D eigenvalue weighted by atomic mass is 9.97. The van der Waals surface area contributed by atoms with Crippen LogP contribution in [-0.2, 0) is 6.42 Å². The molecule has 1 aromatic rings. The third-order valence-corrected chi connectivity index (χ3v) is 2.92. The molecular formula is C10H8BrCl. The highest BCUT2D eigenvalue weighted by molar-refractivity contribution is 9.10. The molecule has 1 aliphatic rings. The molecule has 0 aromatic heterocycles. The summed E-state index contributed by atoms with van der Waals surface area (Å²) in [5.74, 6) is 0. The van der Waals surface area contributed by atoms with Crippen LogP contribution in [0.15, 0.2) is 28.7 Å². The lowest BCUT2D eigenvalue weighted by Gasteiger charge is -2.13. The first kappa shape index (κ1) is 8.33. The summed E-state index contributed by atoms with van der Waals surface area (Å²) < 4.78 is 1.09. The molecule has 0 N–H and O–H groups in total. The smallest absolute Gasteiger partial charge is 0.0441 e. The number of aryl methyl sites for hydroxylation is 1. The Morgan fingerprint density at radius 1 is 1.33 bits per heavy atom. The van der Waals surface area contributed by atoms with Gasteiger partial charge in [-0.2, -0.15) is 0 Å². The lowest BCUT2D eigenvalue weighted by molar-refractivity contribution is 0.982. The van der Waals surface area contributed by atoms with E-state index < -0.39 is 0 Å². The monoisotopic (exact) mass is 242 g/mol. The second kappa shape index (κ2) is 3.23. The molecule has 0 bridgehead atoms. The van der Waals surface area contributed by atoms with Crippen LogP contribution in [-0.4, -0.2) is 0 Å². The van der Waals surface area contributed by atoms with Crippen molar-refractivity contribution in [2.24, 2.45) is 0 Å². The molecule has 0 unspecified atom stereocenters. The number of fused-ring (bicyclic) bond motifs is 1. The number of allylic oxidation sites excluding steroid dienone is 1. The Kier molecular flexibility index (Phi) is 2.24. The highest BCUT2D eigenvalue weighted by Gasteiger charge is 2.10. The first-order valence-electron chi connectivity index (χ1n) is 3.92. The zero-order valence-corrected chi connectivity index (χ0v) is 8.82. The minimum Gasteiger partial charge on any atom is -0.0840 e. The molecule has 0 nitrogen and oxygen atoms in total. The first-order valence-corrected chi connectivity index (χ1v) is 5.09. The van der Waals surface area contributed by atoms with E-state index in [4.69, 9.17) is 11.6 Å². The summed E-state index contributed by atoms with van der Waals surface area (Å²) in [5.41, 5.74) is 2.53. The van der Waals surface area contributed by atoms with Gasteiger partial charge in [-0.25, -0.2) is 0 Å². The Labute approximate surface area is 85.4 Å². The molecule has 0 heterocycles. The topological polar surface area (TPSA) is 0 Å². The van der Waals surface area contributed by atoms with Crippen LogP contribution in [0.25, 0.3) is 5.03 Å². The van der Waals surface area contributed by atoms with Crippen LogP contribution in [0, 0.1) is 0 Å². The van der Waals surface area contributed by atoms with Gasteiger partial charge in [0.1, 0.15) is 0 Å². The Bertz CT molecular complexity index is 342. The van der Waals surface area contributed by atoms with Crippen molar-refractivity contribution in [3.8, 4) is 0 Å². The van der Waals surface area contributed by atoms with Gasteiger partial charge in [0.05, 0.1) is 0 Å². The number of rotatable bonds is 0. The SMILES string of the molecule is ClC1=CCCc2ccc(Br)cc21. The second-order valence-corrected chi connectivity index (χ2v) is 4.22. The van der Waals surface area contributed by atoms with Crippen LogP contribution in [0.5, 0.6) is 0 Å². The third kappa shape index (κ3) is 1.44. The molecule has 0 saturated heterocycles. The Morgan fingerprint density at radius 3 is 3.00 bits per heavy atom. The molecule has 12 heavy (non-hydrogen) atoms. The van der Waals surface area contributed by atoms with Gasteiger partial charge in [0.25, 0.3) is 0 Å². The van der Waals surface area contributed by atoms with E-state index in [1.165, 1.54) is 11.1 Å². The van der Waals surface area contributed by atoms with Gasteiger partial charge in [0, 0.05) is 9.51 Å². The van der Waals surface area contributed by atoms with Gasteiger partial charge in [-0.15, -0.1) is 0 Å². The maximum Gasteiger partial charge on any atom is 0.0441 e. The highest BCUT2D eigenvalue weighted by atomic mass is 79.9. The maximum atomic E-state index is 6.06. The van der Waals surface area contributed by atoms with Gasteiger partial charge < -0.3 is 0 Å². The molecule has 2 heteroatoms. The van der Waals surface area contributed by atoms with Crippen molar-refractivity contribution < 1.29 is 0 Å². The summed E-state index contributed by atoms with van der Waals surface area (Å²) in [6.07, 6.45) is 4.25. The van der Waals surface area contributed by atoms with E-state index in [0.29, 0.717) is 0 Å². The van der Waals surface area contributed by atoms with Gasteiger partial charge in [-0.05, 0) is 36.1 Å². The van der Waals surface area contributed by atoms with E-state index in [1.807, 2.05) is 0 Å². The summed E-state index contributed by atoms with van der Waals surface area (Å²) in [6.45, 7) is 0. The molecule has 0 fully saturated rings. The van der Waals surface area contributed by atoms with Crippen molar-refractivity contribution >= 4 is 32.6 Å². The minimum atomic E-state index is 0.887. The van der Waals surface area contributed by atoms with Crippen LogP contribution in [0.2, 0.25) is 0 Å². The molecule has 1 aliphatic carbocycles. The second-order valence-electron chi connectivity index (χ2n) is 2.89. The predicted octanol–water partition coefficient (Wildman–Crippen LogP) is 3.98. The number of hydrogen-bond donors (Lipinski definition) is 0. The van der Waals surface area contributed by atoms with Crippen LogP contribution >= 0.6 is 27.5 Å². The Hall–Kier alpha value is -0.270. The van der Waals surface area contributed by atoms with Crippen LogP contribution in [0.3, 0.4) is 0 Å². The van der Waals surface area contributed by atoms with E-state index in [2.05, 4.69) is 40.2 Å². The Morgan fingerprint density at radius 2 is 2.17 bits per heavy atom.